The second-order valence-electron chi connectivity index (χ2n) is 8.25. The van der Waals surface area contributed by atoms with Gasteiger partial charge in [0.1, 0.15) is 15.5 Å². The number of rotatable bonds is 6. The van der Waals surface area contributed by atoms with Crippen LogP contribution in [0.4, 0.5) is 10.5 Å². The van der Waals surface area contributed by atoms with Gasteiger partial charge in [-0.25, -0.2) is 14.1 Å². The van der Waals surface area contributed by atoms with Crippen molar-refractivity contribution in [2.45, 2.75) is 64.9 Å². The van der Waals surface area contributed by atoms with Gasteiger partial charge in [0.25, 0.3) is 0 Å². The van der Waals surface area contributed by atoms with Crippen LogP contribution in [-0.4, -0.2) is 23.0 Å². The van der Waals surface area contributed by atoms with Gasteiger partial charge >= 0.3 is 6.03 Å². The number of ether oxygens (including phenoxy) is 1. The third-order valence-corrected chi connectivity index (χ3v) is 9.36. The average Bonchev–Trinajstić information content (AvgIpc) is 3.37. The molecule has 1 unspecified atom stereocenters. The predicted molar refractivity (Wildman–Crippen MR) is 129 cm³/mol. The van der Waals surface area contributed by atoms with Crippen molar-refractivity contribution in [1.29, 1.82) is 0 Å². The van der Waals surface area contributed by atoms with Gasteiger partial charge in [-0.2, -0.15) is 0 Å². The number of urea groups is 1. The van der Waals surface area contributed by atoms with E-state index in [9.17, 15) is 9.00 Å². The number of hydrogen-bond donors (Lipinski definition) is 2. The molecule has 1 aromatic rings. The van der Waals surface area contributed by atoms with Gasteiger partial charge in [-0.3, -0.25) is 0 Å². The molecule has 6 nitrogen and oxygen atoms in total. The van der Waals surface area contributed by atoms with Crippen molar-refractivity contribution in [2.75, 3.05) is 12.4 Å². The van der Waals surface area contributed by atoms with Crippen molar-refractivity contribution in [3.05, 3.63) is 55.8 Å². The number of allylic oxidation sites excluding steroid dienone is 1. The zero-order chi connectivity index (χ0) is 22.8. The van der Waals surface area contributed by atoms with Crippen LogP contribution < -0.4 is 10.5 Å². The third-order valence-electron chi connectivity index (χ3n) is 5.87. The van der Waals surface area contributed by atoms with Gasteiger partial charge in [-0.15, -0.1) is 10.1 Å². The number of nitrogens with zero attached hydrogens (tertiary/aromatic N) is 1. The molecule has 2 amide bonds. The summed E-state index contributed by atoms with van der Waals surface area (Å²) in [4.78, 5) is 13.4. The minimum absolute atomic E-state index is 0.266. The highest BCUT2D eigenvalue weighted by Gasteiger charge is 2.28. The molecule has 0 saturated heterocycles. The first-order chi connectivity index (χ1) is 14.6. The summed E-state index contributed by atoms with van der Waals surface area (Å²) in [6, 6.07) is 1.61. The Labute approximate surface area is 189 Å². The van der Waals surface area contributed by atoms with Crippen molar-refractivity contribution in [1.82, 2.24) is 0 Å². The van der Waals surface area contributed by atoms with Gasteiger partial charge in [-0.1, -0.05) is 30.5 Å². The van der Waals surface area contributed by atoms with Crippen molar-refractivity contribution in [2.24, 2.45) is 9.50 Å². The third kappa shape index (κ3) is 4.99. The molecule has 1 atom stereocenters. The number of anilines is 1. The van der Waals surface area contributed by atoms with Gasteiger partial charge in [-0.05, 0) is 81.5 Å². The highest BCUT2D eigenvalue weighted by atomic mass is 32.3. The van der Waals surface area contributed by atoms with Crippen molar-refractivity contribution in [3.63, 3.8) is 0 Å². The lowest BCUT2D eigenvalue weighted by Crippen LogP contribution is -2.25. The smallest absolute Gasteiger partial charge is 0.354 e. The lowest BCUT2D eigenvalue weighted by atomic mass is 9.99. The molecule has 1 aromatic carbocycles. The van der Waals surface area contributed by atoms with Gasteiger partial charge in [0.15, 0.2) is 0 Å². The van der Waals surface area contributed by atoms with Gasteiger partial charge in [0.2, 0.25) is 0 Å². The van der Waals surface area contributed by atoms with Crippen LogP contribution in [0.2, 0.25) is 0 Å². The van der Waals surface area contributed by atoms with E-state index in [0.717, 1.165) is 56.0 Å². The van der Waals surface area contributed by atoms with Crippen LogP contribution in [0.15, 0.2) is 38.0 Å². The maximum Gasteiger partial charge on any atom is 0.354 e. The van der Waals surface area contributed by atoms with Crippen molar-refractivity contribution < 1.29 is 13.7 Å². The fourth-order valence-electron chi connectivity index (χ4n) is 4.12. The summed E-state index contributed by atoms with van der Waals surface area (Å²) < 4.78 is 22.8. The Morgan fingerprint density at radius 1 is 1.29 bits per heavy atom. The number of nitrogens with one attached hydrogen (secondary N) is 1. The number of thioether (sulfide) groups is 1. The molecule has 2 aliphatic rings. The standard InChI is InChI=1S/C23H31N3O3S2/c1-6-19(23(3,4)29-5)30-20(7-2)31(24,28)26-22(27)25-21-17-12-8-10-15(17)14-16-11-9-13-18(16)21/h7,14H,1,8-13H2,2-5H3,(H3,24,25,26,27,28)/b20-7+. The molecular formula is C23H31N3O3S2. The number of carbonyl (C=O) groups is 1. The van der Waals surface area contributed by atoms with E-state index in [1.165, 1.54) is 22.3 Å². The SMILES string of the molecule is C=C=C(S/C(=C\C)S(N)(=O)=NC(=O)Nc1c2c(cc3c1CCC3)CCC2)C(C)(C)OC. The van der Waals surface area contributed by atoms with Crippen LogP contribution in [0.3, 0.4) is 0 Å². The number of carbonyl (C=O) groups excluding carboxylic acids is 1. The van der Waals surface area contributed by atoms with E-state index in [-0.39, 0.29) is 4.24 Å². The Bertz CT molecular complexity index is 1070. The molecule has 0 heterocycles. The topological polar surface area (TPSA) is 93.8 Å². The number of methoxy groups -OCH3 is 1. The van der Waals surface area contributed by atoms with Crippen LogP contribution in [0, 0.1) is 0 Å². The van der Waals surface area contributed by atoms with Crippen LogP contribution >= 0.6 is 11.8 Å². The number of benzene rings is 1. The first-order valence-corrected chi connectivity index (χ1v) is 12.8. The summed E-state index contributed by atoms with van der Waals surface area (Å²) in [5.74, 6) is 0. The number of fused-ring (bicyclic) bond motifs is 2. The molecule has 3 N–H and O–H groups in total. The zero-order valence-corrected chi connectivity index (χ0v) is 20.3. The highest BCUT2D eigenvalue weighted by Crippen LogP contribution is 2.39. The first-order valence-electron chi connectivity index (χ1n) is 10.4. The fraction of sp³-hybridized carbons (Fsp3) is 0.478. The molecule has 0 bridgehead atoms. The summed E-state index contributed by atoms with van der Waals surface area (Å²) in [6.45, 7) is 9.10. The highest BCUT2D eigenvalue weighted by molar-refractivity contribution is 8.20. The molecule has 2 aliphatic carbocycles. The molecule has 3 rings (SSSR count). The average molecular weight is 462 g/mol. The molecule has 0 fully saturated rings. The van der Waals surface area contributed by atoms with E-state index >= 15 is 0 Å². The lowest BCUT2D eigenvalue weighted by molar-refractivity contribution is 0.0625. The molecule has 8 heteroatoms. The maximum atomic E-state index is 13.2. The van der Waals surface area contributed by atoms with Gasteiger partial charge in [0.05, 0.1) is 9.14 Å². The van der Waals surface area contributed by atoms with E-state index in [1.54, 1.807) is 20.1 Å². The molecule has 0 aliphatic heterocycles. The summed E-state index contributed by atoms with van der Waals surface area (Å²) in [7, 11) is -1.88. The Hall–Kier alpha value is -1.83. The minimum atomic E-state index is -3.45. The molecule has 0 saturated carbocycles. The second-order valence-corrected chi connectivity index (χ2v) is 11.3. The number of nitrogens with two attached hydrogens (primary N) is 1. The molecule has 31 heavy (non-hydrogen) atoms. The number of amides is 2. The fourth-order valence-corrected chi connectivity index (χ4v) is 6.40. The minimum Gasteiger partial charge on any atom is -0.373 e. The Morgan fingerprint density at radius 2 is 1.87 bits per heavy atom. The maximum absolute atomic E-state index is 13.2. The predicted octanol–water partition coefficient (Wildman–Crippen LogP) is 5.23. The summed E-state index contributed by atoms with van der Waals surface area (Å²) in [6.07, 6.45) is 7.69. The van der Waals surface area contributed by atoms with Crippen molar-refractivity contribution in [3.8, 4) is 0 Å². The van der Waals surface area contributed by atoms with E-state index < -0.39 is 21.5 Å². The Morgan fingerprint density at radius 3 is 2.35 bits per heavy atom. The number of aryl methyl sites for hydroxylation is 2. The number of hydrogen-bond acceptors (Lipinski definition) is 4. The summed E-state index contributed by atoms with van der Waals surface area (Å²) in [5, 5.41) is 8.97. The van der Waals surface area contributed by atoms with Crippen LogP contribution in [0.5, 0.6) is 0 Å². The molecule has 0 spiro atoms. The molecule has 0 aromatic heterocycles. The molecule has 0 radical (unpaired) electrons. The van der Waals surface area contributed by atoms with Crippen LogP contribution in [0.25, 0.3) is 0 Å². The van der Waals surface area contributed by atoms with Gasteiger partial charge in [0, 0.05) is 12.8 Å². The largest absolute Gasteiger partial charge is 0.373 e. The molecular weight excluding hydrogens is 430 g/mol. The van der Waals surface area contributed by atoms with Crippen LogP contribution in [-0.2, 0) is 40.3 Å². The van der Waals surface area contributed by atoms with Crippen molar-refractivity contribution >= 4 is 33.4 Å². The van der Waals surface area contributed by atoms with E-state index in [0.29, 0.717) is 4.91 Å². The van der Waals surface area contributed by atoms with E-state index in [4.69, 9.17) is 9.88 Å². The lowest BCUT2D eigenvalue weighted by Gasteiger charge is -2.25. The van der Waals surface area contributed by atoms with E-state index in [1.807, 2.05) is 13.8 Å². The Kier molecular flexibility index (Phi) is 7.18. The quantitative estimate of drug-likeness (QED) is 0.568. The normalized spacial score (nSPS) is 17.4. The second kappa shape index (κ2) is 9.35. The molecule has 168 valence electrons. The zero-order valence-electron chi connectivity index (χ0n) is 18.7. The monoisotopic (exact) mass is 461 g/mol. The summed E-state index contributed by atoms with van der Waals surface area (Å²) in [5.41, 5.74) is 7.96. The summed E-state index contributed by atoms with van der Waals surface area (Å²) >= 11 is 1.12. The Balaban J connectivity index is 1.89. The van der Waals surface area contributed by atoms with Crippen LogP contribution in [0.1, 0.15) is 55.9 Å². The first kappa shape index (κ1) is 23.8. The van der Waals surface area contributed by atoms with E-state index in [2.05, 4.69) is 28.1 Å². The van der Waals surface area contributed by atoms with Gasteiger partial charge < -0.3 is 10.1 Å².